The minimum Gasteiger partial charge on any atom is -0.306 e. The molecule has 0 saturated heterocycles. The summed E-state index contributed by atoms with van der Waals surface area (Å²) in [5.41, 5.74) is -0.404. The van der Waals surface area contributed by atoms with Gasteiger partial charge in [0.1, 0.15) is 5.82 Å². The van der Waals surface area contributed by atoms with Gasteiger partial charge in [0.15, 0.2) is 0 Å². The summed E-state index contributed by atoms with van der Waals surface area (Å²) < 4.78 is 39.1. The van der Waals surface area contributed by atoms with Crippen LogP contribution in [0.15, 0.2) is 29.1 Å². The maximum absolute atomic E-state index is 13.0. The second-order valence-electron chi connectivity index (χ2n) is 5.11. The summed E-state index contributed by atoms with van der Waals surface area (Å²) >= 11 is 0. The third kappa shape index (κ3) is 2.99. The standard InChI is InChI=1S/C15H15F3N2O/c1-8(2)12-9(3)19-13(20-14(12)21)10-6-4-5-7-11(10)15(16,17)18/h4-8H,1-3H3,(H,19,20,21). The monoisotopic (exact) mass is 296 g/mol. The lowest BCUT2D eigenvalue weighted by molar-refractivity contribution is -0.137. The molecular weight excluding hydrogens is 281 g/mol. The van der Waals surface area contributed by atoms with Gasteiger partial charge in [-0.3, -0.25) is 4.79 Å². The summed E-state index contributed by atoms with van der Waals surface area (Å²) in [6, 6.07) is 5.06. The maximum atomic E-state index is 13.0. The zero-order chi connectivity index (χ0) is 15.8. The smallest absolute Gasteiger partial charge is 0.306 e. The highest BCUT2D eigenvalue weighted by Gasteiger charge is 2.34. The number of hydrogen-bond acceptors (Lipinski definition) is 2. The molecule has 6 heteroatoms. The van der Waals surface area contributed by atoms with E-state index < -0.39 is 17.3 Å². The largest absolute Gasteiger partial charge is 0.417 e. The van der Waals surface area contributed by atoms with Crippen molar-refractivity contribution < 1.29 is 13.2 Å². The Hall–Kier alpha value is -2.11. The lowest BCUT2D eigenvalue weighted by Gasteiger charge is -2.14. The molecule has 0 fully saturated rings. The molecule has 0 aliphatic heterocycles. The summed E-state index contributed by atoms with van der Waals surface area (Å²) in [7, 11) is 0. The topological polar surface area (TPSA) is 45.8 Å². The lowest BCUT2D eigenvalue weighted by atomic mass is 10.0. The predicted molar refractivity (Wildman–Crippen MR) is 74.1 cm³/mol. The lowest BCUT2D eigenvalue weighted by Crippen LogP contribution is -2.19. The van der Waals surface area contributed by atoms with Crippen molar-refractivity contribution in [2.75, 3.05) is 0 Å². The first-order valence-electron chi connectivity index (χ1n) is 6.49. The first-order chi connectivity index (χ1) is 9.71. The van der Waals surface area contributed by atoms with E-state index in [1.165, 1.54) is 18.2 Å². The van der Waals surface area contributed by atoms with E-state index in [0.717, 1.165) is 6.07 Å². The molecule has 0 amide bonds. The van der Waals surface area contributed by atoms with Crippen LogP contribution in [-0.4, -0.2) is 9.97 Å². The summed E-state index contributed by atoms with van der Waals surface area (Å²) in [5.74, 6) is -0.108. The van der Waals surface area contributed by atoms with Gasteiger partial charge in [-0.05, 0) is 18.9 Å². The van der Waals surface area contributed by atoms with Crippen molar-refractivity contribution >= 4 is 0 Å². The number of aryl methyl sites for hydroxylation is 1. The van der Waals surface area contributed by atoms with Crippen molar-refractivity contribution in [3.8, 4) is 11.4 Å². The van der Waals surface area contributed by atoms with Crippen LogP contribution in [0.4, 0.5) is 13.2 Å². The molecule has 0 aliphatic rings. The van der Waals surface area contributed by atoms with E-state index >= 15 is 0 Å². The van der Waals surface area contributed by atoms with Crippen LogP contribution in [0.1, 0.15) is 36.6 Å². The quantitative estimate of drug-likeness (QED) is 0.914. The fraction of sp³-hybridized carbons (Fsp3) is 0.333. The Labute approximate surface area is 119 Å². The van der Waals surface area contributed by atoms with Crippen LogP contribution in [0.2, 0.25) is 0 Å². The van der Waals surface area contributed by atoms with Gasteiger partial charge in [-0.15, -0.1) is 0 Å². The predicted octanol–water partition coefficient (Wildman–Crippen LogP) is 3.89. The summed E-state index contributed by atoms with van der Waals surface area (Å²) in [6.07, 6.45) is -4.50. The zero-order valence-electron chi connectivity index (χ0n) is 11.9. The molecule has 0 spiro atoms. The molecular formula is C15H15F3N2O. The number of aromatic nitrogens is 2. The van der Waals surface area contributed by atoms with E-state index in [1.54, 1.807) is 6.92 Å². The molecule has 112 valence electrons. The third-order valence-corrected chi connectivity index (χ3v) is 3.21. The zero-order valence-corrected chi connectivity index (χ0v) is 11.9. The minimum atomic E-state index is -4.50. The molecule has 2 aromatic rings. The Morgan fingerprint density at radius 1 is 1.19 bits per heavy atom. The average Bonchev–Trinajstić information content (AvgIpc) is 2.36. The van der Waals surface area contributed by atoms with E-state index in [-0.39, 0.29) is 17.3 Å². The number of nitrogens with one attached hydrogen (secondary N) is 1. The molecule has 0 aliphatic carbocycles. The molecule has 1 aromatic heterocycles. The van der Waals surface area contributed by atoms with E-state index in [0.29, 0.717) is 11.3 Å². The Kier molecular flexibility index (Phi) is 3.89. The minimum absolute atomic E-state index is 0.0480. The highest BCUT2D eigenvalue weighted by molar-refractivity contribution is 5.61. The van der Waals surface area contributed by atoms with Crippen LogP contribution in [0, 0.1) is 6.92 Å². The molecule has 0 saturated carbocycles. The SMILES string of the molecule is Cc1nc(-c2ccccc2C(F)(F)F)[nH]c(=O)c1C(C)C. The molecule has 0 bridgehead atoms. The second-order valence-corrected chi connectivity index (χ2v) is 5.11. The number of H-pyrrole nitrogens is 1. The first-order valence-corrected chi connectivity index (χ1v) is 6.49. The number of aromatic amines is 1. The van der Waals surface area contributed by atoms with Gasteiger partial charge in [-0.2, -0.15) is 13.2 Å². The van der Waals surface area contributed by atoms with Crippen molar-refractivity contribution in [3.63, 3.8) is 0 Å². The molecule has 3 nitrogen and oxygen atoms in total. The van der Waals surface area contributed by atoms with Crippen LogP contribution < -0.4 is 5.56 Å². The average molecular weight is 296 g/mol. The van der Waals surface area contributed by atoms with Gasteiger partial charge in [0.2, 0.25) is 0 Å². The molecule has 0 radical (unpaired) electrons. The Bertz CT molecular complexity index is 718. The van der Waals surface area contributed by atoms with Crippen LogP contribution in [-0.2, 0) is 6.18 Å². The molecule has 1 heterocycles. The molecule has 1 aromatic carbocycles. The van der Waals surface area contributed by atoms with Crippen molar-refractivity contribution in [1.29, 1.82) is 0 Å². The Morgan fingerprint density at radius 3 is 2.33 bits per heavy atom. The Balaban J connectivity index is 2.68. The number of benzene rings is 1. The van der Waals surface area contributed by atoms with E-state index in [1.807, 2.05) is 13.8 Å². The normalized spacial score (nSPS) is 12.0. The highest BCUT2D eigenvalue weighted by atomic mass is 19.4. The number of rotatable bonds is 2. The molecule has 0 unspecified atom stereocenters. The summed E-state index contributed by atoms with van der Waals surface area (Å²) in [5, 5.41) is 0. The van der Waals surface area contributed by atoms with Crippen molar-refractivity contribution in [2.45, 2.75) is 32.9 Å². The number of nitrogens with zero attached hydrogens (tertiary/aromatic N) is 1. The van der Waals surface area contributed by atoms with Gasteiger partial charge < -0.3 is 4.98 Å². The van der Waals surface area contributed by atoms with Crippen molar-refractivity contribution in [1.82, 2.24) is 9.97 Å². The second kappa shape index (κ2) is 5.35. The maximum Gasteiger partial charge on any atom is 0.417 e. The molecule has 0 atom stereocenters. The van der Waals surface area contributed by atoms with Crippen LogP contribution in [0.5, 0.6) is 0 Å². The third-order valence-electron chi connectivity index (χ3n) is 3.21. The number of hydrogen-bond donors (Lipinski definition) is 1. The molecule has 2 rings (SSSR count). The van der Waals surface area contributed by atoms with Gasteiger partial charge >= 0.3 is 6.18 Å². The fourth-order valence-corrected chi connectivity index (χ4v) is 2.34. The number of alkyl halides is 3. The summed E-state index contributed by atoms with van der Waals surface area (Å²) in [4.78, 5) is 18.7. The van der Waals surface area contributed by atoms with Gasteiger partial charge in [0, 0.05) is 16.8 Å². The van der Waals surface area contributed by atoms with E-state index in [9.17, 15) is 18.0 Å². The highest BCUT2D eigenvalue weighted by Crippen LogP contribution is 2.35. The van der Waals surface area contributed by atoms with Crippen LogP contribution in [0.3, 0.4) is 0 Å². The first kappa shape index (κ1) is 15.3. The van der Waals surface area contributed by atoms with Crippen LogP contribution >= 0.6 is 0 Å². The fourth-order valence-electron chi connectivity index (χ4n) is 2.34. The van der Waals surface area contributed by atoms with Crippen molar-refractivity contribution in [2.24, 2.45) is 0 Å². The van der Waals surface area contributed by atoms with Crippen molar-refractivity contribution in [3.05, 3.63) is 51.4 Å². The van der Waals surface area contributed by atoms with Crippen LogP contribution in [0.25, 0.3) is 11.4 Å². The molecule has 21 heavy (non-hydrogen) atoms. The van der Waals surface area contributed by atoms with Gasteiger partial charge in [0.05, 0.1) is 5.56 Å². The Morgan fingerprint density at radius 2 is 1.81 bits per heavy atom. The molecule has 1 N–H and O–H groups in total. The van der Waals surface area contributed by atoms with Gasteiger partial charge in [-0.1, -0.05) is 32.0 Å². The van der Waals surface area contributed by atoms with Gasteiger partial charge in [0.25, 0.3) is 5.56 Å². The van der Waals surface area contributed by atoms with E-state index in [4.69, 9.17) is 0 Å². The van der Waals surface area contributed by atoms with Gasteiger partial charge in [-0.25, -0.2) is 4.98 Å². The summed E-state index contributed by atoms with van der Waals surface area (Å²) in [6.45, 7) is 5.30. The number of halogens is 3. The van der Waals surface area contributed by atoms with E-state index in [2.05, 4.69) is 9.97 Å².